The third kappa shape index (κ3) is 3.99. The second-order valence-corrected chi connectivity index (χ2v) is 8.43. The Kier molecular flexibility index (Phi) is 4.91. The Labute approximate surface area is 154 Å². The summed E-state index contributed by atoms with van der Waals surface area (Å²) in [4.78, 5) is 13.9. The second kappa shape index (κ2) is 6.99. The van der Waals surface area contributed by atoms with Crippen molar-refractivity contribution in [3.63, 3.8) is 0 Å². The van der Waals surface area contributed by atoms with Crippen LogP contribution in [0.25, 0.3) is 0 Å². The average Bonchev–Trinajstić information content (AvgIpc) is 2.55. The Balaban J connectivity index is 1.84. The van der Waals surface area contributed by atoms with Crippen molar-refractivity contribution in [2.24, 2.45) is 0 Å². The number of hydrogen-bond donors (Lipinski definition) is 2. The van der Waals surface area contributed by atoms with Crippen molar-refractivity contribution < 1.29 is 13.2 Å². The summed E-state index contributed by atoms with van der Waals surface area (Å²) >= 11 is 0. The van der Waals surface area contributed by atoms with Crippen LogP contribution in [-0.4, -0.2) is 26.6 Å². The molecule has 0 saturated heterocycles. The SMILES string of the molecule is CC(=O)N1c2ccccc2C(Nc2ccc(NS(C)(=O)=O)cc2)CC1C. The van der Waals surface area contributed by atoms with Crippen molar-refractivity contribution in [2.75, 3.05) is 21.2 Å². The van der Waals surface area contributed by atoms with Gasteiger partial charge in [-0.1, -0.05) is 18.2 Å². The van der Waals surface area contributed by atoms with Crippen LogP contribution in [0.15, 0.2) is 48.5 Å². The van der Waals surface area contributed by atoms with Gasteiger partial charge in [0, 0.05) is 30.0 Å². The lowest BCUT2D eigenvalue weighted by Gasteiger charge is -2.39. The van der Waals surface area contributed by atoms with Crippen LogP contribution in [0, 0.1) is 0 Å². The van der Waals surface area contributed by atoms with Crippen molar-refractivity contribution in [3.05, 3.63) is 54.1 Å². The van der Waals surface area contributed by atoms with Crippen molar-refractivity contribution in [3.8, 4) is 0 Å². The van der Waals surface area contributed by atoms with E-state index in [4.69, 9.17) is 0 Å². The highest BCUT2D eigenvalue weighted by molar-refractivity contribution is 7.92. The molecule has 0 radical (unpaired) electrons. The van der Waals surface area contributed by atoms with Gasteiger partial charge in [-0.2, -0.15) is 0 Å². The van der Waals surface area contributed by atoms with Crippen LogP contribution < -0.4 is 14.9 Å². The Hall–Kier alpha value is -2.54. The predicted octanol–water partition coefficient (Wildman–Crippen LogP) is 3.36. The zero-order valence-corrected chi connectivity index (χ0v) is 15.9. The first-order valence-electron chi connectivity index (χ1n) is 8.48. The normalized spacial score (nSPS) is 19.6. The molecule has 0 bridgehead atoms. The Morgan fingerprint density at radius 3 is 2.31 bits per heavy atom. The number of anilines is 3. The number of para-hydroxylation sites is 1. The maximum absolute atomic E-state index is 12.0. The van der Waals surface area contributed by atoms with Gasteiger partial charge in [0.25, 0.3) is 0 Å². The van der Waals surface area contributed by atoms with Gasteiger partial charge in [0.05, 0.1) is 12.3 Å². The molecule has 2 aromatic rings. The van der Waals surface area contributed by atoms with Gasteiger partial charge < -0.3 is 10.2 Å². The fraction of sp³-hybridized carbons (Fsp3) is 0.316. The lowest BCUT2D eigenvalue weighted by Crippen LogP contribution is -2.43. The number of sulfonamides is 1. The minimum absolute atomic E-state index is 0.0413. The van der Waals surface area contributed by atoms with Crippen LogP contribution in [0.1, 0.15) is 31.9 Å². The zero-order chi connectivity index (χ0) is 18.9. The smallest absolute Gasteiger partial charge is 0.229 e. The molecule has 2 unspecified atom stereocenters. The molecule has 3 rings (SSSR count). The topological polar surface area (TPSA) is 78.5 Å². The van der Waals surface area contributed by atoms with Crippen molar-refractivity contribution in [2.45, 2.75) is 32.4 Å². The van der Waals surface area contributed by atoms with E-state index < -0.39 is 10.0 Å². The molecule has 2 N–H and O–H groups in total. The fourth-order valence-corrected chi connectivity index (χ4v) is 4.04. The molecule has 0 spiro atoms. The van der Waals surface area contributed by atoms with Gasteiger partial charge in [-0.05, 0) is 49.2 Å². The van der Waals surface area contributed by atoms with E-state index in [1.165, 1.54) is 0 Å². The summed E-state index contributed by atoms with van der Waals surface area (Å²) in [6, 6.07) is 15.2. The third-order valence-corrected chi connectivity index (χ3v) is 5.06. The molecule has 7 heteroatoms. The Morgan fingerprint density at radius 1 is 1.08 bits per heavy atom. The van der Waals surface area contributed by atoms with E-state index in [1.54, 1.807) is 19.1 Å². The summed E-state index contributed by atoms with van der Waals surface area (Å²) < 4.78 is 25.1. The molecule has 1 aliphatic heterocycles. The Morgan fingerprint density at radius 2 is 1.69 bits per heavy atom. The highest BCUT2D eigenvalue weighted by Gasteiger charge is 2.31. The van der Waals surface area contributed by atoms with Crippen LogP contribution in [0.5, 0.6) is 0 Å². The van der Waals surface area contributed by atoms with Gasteiger partial charge in [-0.3, -0.25) is 9.52 Å². The van der Waals surface area contributed by atoms with E-state index in [0.29, 0.717) is 5.69 Å². The molecule has 1 aliphatic rings. The number of carbonyl (C=O) groups is 1. The molecular weight excluding hydrogens is 350 g/mol. The monoisotopic (exact) mass is 373 g/mol. The van der Waals surface area contributed by atoms with E-state index >= 15 is 0 Å². The molecule has 0 aliphatic carbocycles. The number of hydrogen-bond acceptors (Lipinski definition) is 4. The Bertz CT molecular complexity index is 910. The summed E-state index contributed by atoms with van der Waals surface area (Å²) in [5, 5.41) is 3.50. The third-order valence-electron chi connectivity index (χ3n) is 4.46. The van der Waals surface area contributed by atoms with Crippen molar-refractivity contribution >= 4 is 33.0 Å². The summed E-state index contributed by atoms with van der Waals surface area (Å²) in [5.41, 5.74) is 3.44. The van der Waals surface area contributed by atoms with Gasteiger partial charge in [-0.25, -0.2) is 8.42 Å². The van der Waals surface area contributed by atoms with Gasteiger partial charge in [0.2, 0.25) is 15.9 Å². The van der Waals surface area contributed by atoms with Crippen LogP contribution in [-0.2, 0) is 14.8 Å². The van der Waals surface area contributed by atoms with Crippen LogP contribution in [0.3, 0.4) is 0 Å². The lowest BCUT2D eigenvalue weighted by atomic mass is 9.91. The number of benzene rings is 2. The van der Waals surface area contributed by atoms with Gasteiger partial charge in [0.1, 0.15) is 0 Å². The molecule has 1 heterocycles. The summed E-state index contributed by atoms with van der Waals surface area (Å²) in [5.74, 6) is 0.0413. The van der Waals surface area contributed by atoms with Crippen LogP contribution >= 0.6 is 0 Å². The summed E-state index contributed by atoms with van der Waals surface area (Å²) in [7, 11) is -3.29. The molecular formula is C19H23N3O3S. The number of nitrogens with zero attached hydrogens (tertiary/aromatic N) is 1. The van der Waals surface area contributed by atoms with Gasteiger partial charge >= 0.3 is 0 Å². The van der Waals surface area contributed by atoms with Crippen LogP contribution in [0.4, 0.5) is 17.1 Å². The maximum Gasteiger partial charge on any atom is 0.229 e. The van der Waals surface area contributed by atoms with E-state index in [1.807, 2.05) is 48.2 Å². The van der Waals surface area contributed by atoms with E-state index in [9.17, 15) is 13.2 Å². The number of rotatable bonds is 4. The molecule has 0 saturated carbocycles. The van der Waals surface area contributed by atoms with E-state index in [2.05, 4.69) is 10.0 Å². The summed E-state index contributed by atoms with van der Waals surface area (Å²) in [6.45, 7) is 3.64. The molecule has 2 aromatic carbocycles. The highest BCUT2D eigenvalue weighted by atomic mass is 32.2. The average molecular weight is 373 g/mol. The first-order valence-corrected chi connectivity index (χ1v) is 10.4. The van der Waals surface area contributed by atoms with E-state index in [0.717, 1.165) is 29.6 Å². The molecule has 26 heavy (non-hydrogen) atoms. The highest BCUT2D eigenvalue weighted by Crippen LogP contribution is 2.38. The minimum atomic E-state index is -3.29. The second-order valence-electron chi connectivity index (χ2n) is 6.68. The van der Waals surface area contributed by atoms with Gasteiger partial charge in [0.15, 0.2) is 0 Å². The predicted molar refractivity (Wildman–Crippen MR) is 105 cm³/mol. The molecule has 138 valence electrons. The molecule has 6 nitrogen and oxygen atoms in total. The summed E-state index contributed by atoms with van der Waals surface area (Å²) in [6.07, 6.45) is 1.92. The minimum Gasteiger partial charge on any atom is -0.378 e. The largest absolute Gasteiger partial charge is 0.378 e. The first-order chi connectivity index (χ1) is 12.2. The molecule has 2 atom stereocenters. The fourth-order valence-electron chi connectivity index (χ4n) is 3.48. The quantitative estimate of drug-likeness (QED) is 0.861. The number of carbonyl (C=O) groups excluding carboxylic acids is 1. The lowest BCUT2D eigenvalue weighted by molar-refractivity contribution is -0.117. The van der Waals surface area contributed by atoms with Crippen LogP contribution in [0.2, 0.25) is 0 Å². The first kappa shape index (κ1) is 18.3. The molecule has 0 fully saturated rings. The van der Waals surface area contributed by atoms with E-state index in [-0.39, 0.29) is 18.0 Å². The molecule has 1 amide bonds. The molecule has 0 aromatic heterocycles. The number of fused-ring (bicyclic) bond motifs is 1. The number of nitrogens with one attached hydrogen (secondary N) is 2. The zero-order valence-electron chi connectivity index (χ0n) is 15.1. The van der Waals surface area contributed by atoms with Gasteiger partial charge in [-0.15, -0.1) is 0 Å². The maximum atomic E-state index is 12.0. The standard InChI is InChI=1S/C19H23N3O3S/c1-13-12-18(17-6-4-5-7-19(17)22(13)14(2)23)20-15-8-10-16(11-9-15)21-26(3,24)25/h4-11,13,18,20-21H,12H2,1-3H3. The van der Waals surface area contributed by atoms with Crippen molar-refractivity contribution in [1.82, 2.24) is 0 Å². The number of amides is 1. The van der Waals surface area contributed by atoms with Crippen molar-refractivity contribution in [1.29, 1.82) is 0 Å².